The van der Waals surface area contributed by atoms with Crippen LogP contribution in [0.5, 0.6) is 5.75 Å². The molecule has 0 radical (unpaired) electrons. The number of unbranched alkanes of at least 4 members (excludes halogenated alkanes) is 16. The van der Waals surface area contributed by atoms with Crippen LogP contribution in [0.3, 0.4) is 0 Å². The molecule has 0 amide bonds. The van der Waals surface area contributed by atoms with Crippen LogP contribution in [0.1, 0.15) is 253 Å². The summed E-state index contributed by atoms with van der Waals surface area (Å²) in [6.45, 7) is 14.9. The molecule has 0 heterocycles. The van der Waals surface area contributed by atoms with Gasteiger partial charge in [-0.25, -0.2) is 0 Å². The van der Waals surface area contributed by atoms with Crippen molar-refractivity contribution >= 4 is 23.3 Å². The lowest BCUT2D eigenvalue weighted by molar-refractivity contribution is -0.151. The predicted molar refractivity (Wildman–Crippen MR) is 308 cm³/mol. The molecule has 2 aromatic rings. The Morgan fingerprint density at radius 2 is 1.23 bits per heavy atom. The molecule has 6 rings (SSSR count). The average molecular weight is 1010 g/mol. The number of ether oxygens (including phenoxy) is 2. The molecule has 2 aromatic carbocycles. The molecule has 406 valence electrons. The Hall–Kier alpha value is -4.16. The number of fused-ring (bicyclic) bond motifs is 5. The van der Waals surface area contributed by atoms with E-state index in [4.69, 9.17) is 9.47 Å². The third-order valence-corrected chi connectivity index (χ3v) is 18.5. The zero-order chi connectivity index (χ0) is 52.4. The number of azo groups is 1. The van der Waals surface area contributed by atoms with E-state index in [1.807, 2.05) is 24.3 Å². The third-order valence-electron chi connectivity index (χ3n) is 18.5. The van der Waals surface area contributed by atoms with Crippen molar-refractivity contribution < 1.29 is 19.1 Å². The van der Waals surface area contributed by atoms with Crippen LogP contribution in [0.15, 0.2) is 70.4 Å². The first-order chi connectivity index (χ1) is 36.0. The summed E-state index contributed by atoms with van der Waals surface area (Å²) in [6.07, 6.45) is 40.4. The topological polar surface area (TPSA) is 77.3 Å². The van der Waals surface area contributed by atoms with Gasteiger partial charge in [0, 0.05) is 32.1 Å². The fourth-order valence-electron chi connectivity index (χ4n) is 14.1. The van der Waals surface area contributed by atoms with Crippen LogP contribution in [0, 0.1) is 70.0 Å². The van der Waals surface area contributed by atoms with E-state index in [2.05, 4.69) is 93.7 Å². The molecule has 0 bridgehead atoms. The quantitative estimate of drug-likeness (QED) is 0.0188. The zero-order valence-corrected chi connectivity index (χ0v) is 47.6. The molecule has 4 aliphatic rings. The van der Waals surface area contributed by atoms with Crippen LogP contribution in [0.25, 0.3) is 0 Å². The zero-order valence-electron chi connectivity index (χ0n) is 47.6. The Morgan fingerprint density at radius 1 is 0.635 bits per heavy atom. The predicted octanol–water partition coefficient (Wildman–Crippen LogP) is 19.7. The van der Waals surface area contributed by atoms with Crippen molar-refractivity contribution in [2.75, 3.05) is 0 Å². The first-order valence-corrected chi connectivity index (χ1v) is 30.6. The lowest BCUT2D eigenvalue weighted by Crippen LogP contribution is -2.51. The molecule has 0 aliphatic heterocycles. The summed E-state index contributed by atoms with van der Waals surface area (Å²) in [5, 5.41) is 8.72. The Labute approximate surface area is 451 Å². The van der Waals surface area contributed by atoms with Crippen molar-refractivity contribution in [2.45, 2.75) is 260 Å². The van der Waals surface area contributed by atoms with Gasteiger partial charge in [-0.05, 0) is 184 Å². The average Bonchev–Trinajstić information content (AvgIpc) is 3.75. The summed E-state index contributed by atoms with van der Waals surface area (Å²) >= 11 is 0. The van der Waals surface area contributed by atoms with Gasteiger partial charge in [0.2, 0.25) is 0 Å². The normalized spacial score (nSPS) is 24.4. The maximum absolute atomic E-state index is 13.0. The van der Waals surface area contributed by atoms with Crippen molar-refractivity contribution in [3.63, 3.8) is 0 Å². The monoisotopic (exact) mass is 1010 g/mol. The second kappa shape index (κ2) is 31.8. The Morgan fingerprint density at radius 3 is 1.88 bits per heavy atom. The molecule has 74 heavy (non-hydrogen) atoms. The van der Waals surface area contributed by atoms with Crippen LogP contribution in [-0.2, 0) is 20.7 Å². The number of hydrogen-bond donors (Lipinski definition) is 0. The van der Waals surface area contributed by atoms with E-state index in [1.54, 1.807) is 17.7 Å². The molecule has 1 unspecified atom stereocenters. The minimum atomic E-state index is -0.191. The number of esters is 2. The molecule has 0 aromatic heterocycles. The van der Waals surface area contributed by atoms with Gasteiger partial charge in [0.1, 0.15) is 11.9 Å². The van der Waals surface area contributed by atoms with Crippen molar-refractivity contribution in [2.24, 2.45) is 56.6 Å². The fourth-order valence-corrected chi connectivity index (χ4v) is 14.1. The van der Waals surface area contributed by atoms with Crippen molar-refractivity contribution in [3.8, 4) is 29.4 Å². The highest BCUT2D eigenvalue weighted by atomic mass is 16.5. The third kappa shape index (κ3) is 18.8. The van der Waals surface area contributed by atoms with Gasteiger partial charge in [0.05, 0.1) is 11.4 Å². The summed E-state index contributed by atoms with van der Waals surface area (Å²) in [5.74, 6) is 18.0. The highest BCUT2D eigenvalue weighted by Gasteiger charge is 2.59. The molecular weight excluding hydrogens is 909 g/mol. The maximum Gasteiger partial charge on any atom is 0.311 e. The SMILES string of the molecule is CCCCCCCc1ccc(N=Nc2ccc(OC(=O)CCCCCCCCC#CC#CCCCCCCCCC(=O)OC3CC[C@@]4(C)C(=CC[C@H]5[C@@H]6CC[C@H]([C@H](C)CCCC(C)C)[C@@]6(C)CC[C@@H]54)C3)cc2)cc1. The summed E-state index contributed by atoms with van der Waals surface area (Å²) in [6, 6.07) is 15.5. The summed E-state index contributed by atoms with van der Waals surface area (Å²) < 4.78 is 11.7. The Kier molecular flexibility index (Phi) is 25.4. The van der Waals surface area contributed by atoms with Gasteiger partial charge in [-0.3, -0.25) is 9.59 Å². The highest BCUT2D eigenvalue weighted by Crippen LogP contribution is 2.67. The van der Waals surface area contributed by atoms with E-state index in [0.717, 1.165) is 137 Å². The number of allylic oxidation sites excluding steroid dienone is 1. The lowest BCUT2D eigenvalue weighted by atomic mass is 9.47. The second-order valence-electron chi connectivity index (χ2n) is 24.5. The molecule has 0 spiro atoms. The Bertz CT molecular complexity index is 2170. The molecule has 4 aliphatic carbocycles. The van der Waals surface area contributed by atoms with Gasteiger partial charge in [0.15, 0.2) is 0 Å². The number of rotatable bonds is 31. The number of nitrogens with zero attached hydrogens (tertiary/aromatic N) is 2. The van der Waals surface area contributed by atoms with Crippen LogP contribution < -0.4 is 4.74 Å². The summed E-state index contributed by atoms with van der Waals surface area (Å²) in [4.78, 5) is 25.4. The van der Waals surface area contributed by atoms with Gasteiger partial charge >= 0.3 is 11.9 Å². The van der Waals surface area contributed by atoms with Crippen molar-refractivity contribution in [1.82, 2.24) is 0 Å². The van der Waals surface area contributed by atoms with Crippen LogP contribution in [-0.4, -0.2) is 18.0 Å². The number of carbonyl (C=O) groups is 2. The molecule has 3 saturated carbocycles. The molecule has 0 saturated heterocycles. The molecule has 6 heteroatoms. The van der Waals surface area contributed by atoms with Gasteiger partial charge in [-0.15, -0.1) is 0 Å². The van der Waals surface area contributed by atoms with E-state index in [-0.39, 0.29) is 18.0 Å². The van der Waals surface area contributed by atoms with Gasteiger partial charge < -0.3 is 9.47 Å². The molecule has 8 atom stereocenters. The van der Waals surface area contributed by atoms with E-state index < -0.39 is 0 Å². The number of hydrogen-bond acceptors (Lipinski definition) is 6. The number of benzene rings is 2. The first-order valence-electron chi connectivity index (χ1n) is 30.6. The number of aryl methyl sites for hydroxylation is 1. The first kappa shape index (κ1) is 59.1. The summed E-state index contributed by atoms with van der Waals surface area (Å²) in [7, 11) is 0. The fraction of sp³-hybridized carbons (Fsp3) is 0.706. The maximum atomic E-state index is 13.0. The number of carbonyl (C=O) groups excluding carboxylic acids is 2. The van der Waals surface area contributed by atoms with Gasteiger partial charge in [-0.1, -0.05) is 173 Å². The van der Waals surface area contributed by atoms with E-state index in [1.165, 1.54) is 115 Å². The van der Waals surface area contributed by atoms with Gasteiger partial charge in [0.25, 0.3) is 0 Å². The Balaban J connectivity index is 0.716. The van der Waals surface area contributed by atoms with Crippen molar-refractivity contribution in [3.05, 3.63) is 65.7 Å². The van der Waals surface area contributed by atoms with Gasteiger partial charge in [-0.2, -0.15) is 10.2 Å². The standard InChI is InChI=1S/C68H100N2O4/c1-7-8-9-24-27-33-55-36-39-57(40-37-55)69-70-58-41-43-59(44-42-58)73-65(71)34-28-25-22-20-18-16-14-12-10-11-13-15-17-19-21-23-26-29-35-66(72)74-60-48-50-67(5)56(52-60)38-45-61-63-47-46-62(54(4)32-30-31-53(2)3)68(63,6)51-49-64(61)67/h36-44,53-54,60-64H,7-9,14-35,45-52H2,1-6H3/t54-,60?,61+,62-,63+,64+,67+,68-/m1/s1. The highest BCUT2D eigenvalue weighted by molar-refractivity contribution is 5.72. The van der Waals surface area contributed by atoms with E-state index in [9.17, 15) is 9.59 Å². The van der Waals surface area contributed by atoms with Crippen LogP contribution in [0.4, 0.5) is 11.4 Å². The van der Waals surface area contributed by atoms with Crippen molar-refractivity contribution in [1.29, 1.82) is 0 Å². The van der Waals surface area contributed by atoms with Crippen LogP contribution >= 0.6 is 0 Å². The second-order valence-corrected chi connectivity index (χ2v) is 24.5. The molecule has 0 N–H and O–H groups in total. The molecular formula is C68H100N2O4. The smallest absolute Gasteiger partial charge is 0.311 e. The molecule has 3 fully saturated rings. The van der Waals surface area contributed by atoms with E-state index in [0.29, 0.717) is 29.4 Å². The molecule has 6 nitrogen and oxygen atoms in total. The minimum Gasteiger partial charge on any atom is -0.462 e. The van der Waals surface area contributed by atoms with E-state index >= 15 is 0 Å². The van der Waals surface area contributed by atoms with Crippen LogP contribution in [0.2, 0.25) is 0 Å². The lowest BCUT2D eigenvalue weighted by Gasteiger charge is -2.58. The largest absolute Gasteiger partial charge is 0.462 e. The summed E-state index contributed by atoms with van der Waals surface area (Å²) in [5.41, 5.74) is 5.35. The minimum absolute atomic E-state index is 0.0173.